The van der Waals surface area contributed by atoms with Crippen LogP contribution in [-0.4, -0.2) is 66.4 Å². The molecule has 1 N–H and O–H groups in total. The molecule has 2 aromatic heterocycles. The van der Waals surface area contributed by atoms with E-state index < -0.39 is 12.3 Å². The van der Waals surface area contributed by atoms with E-state index >= 15 is 0 Å². The van der Waals surface area contributed by atoms with Crippen LogP contribution in [0, 0.1) is 0 Å². The van der Waals surface area contributed by atoms with Gasteiger partial charge >= 0.3 is 0 Å². The molecule has 0 radical (unpaired) electrons. The number of likely N-dealkylation sites (N-methyl/N-ethyl adjacent to an activating group) is 1. The van der Waals surface area contributed by atoms with Gasteiger partial charge in [-0.2, -0.15) is 0 Å². The second-order valence-corrected chi connectivity index (χ2v) is 7.27. The Morgan fingerprint density at radius 2 is 1.93 bits per heavy atom. The molecule has 148 valence electrons. The molecule has 1 saturated heterocycles. The molecule has 4 heterocycles. The van der Waals surface area contributed by atoms with Gasteiger partial charge in [0.15, 0.2) is 6.17 Å². The first-order chi connectivity index (χ1) is 14.1. The van der Waals surface area contributed by atoms with Gasteiger partial charge in [0.05, 0.1) is 17.4 Å². The zero-order valence-electron chi connectivity index (χ0n) is 15.6. The molecule has 0 amide bonds. The summed E-state index contributed by atoms with van der Waals surface area (Å²) in [6, 6.07) is 8.44. The Morgan fingerprint density at radius 1 is 1.10 bits per heavy atom. The summed E-state index contributed by atoms with van der Waals surface area (Å²) in [6.45, 7) is 0. The summed E-state index contributed by atoms with van der Waals surface area (Å²) in [5, 5.41) is 26.1. The molecule has 9 heteroatoms. The van der Waals surface area contributed by atoms with E-state index in [1.54, 1.807) is 41.5 Å². The van der Waals surface area contributed by atoms with Crippen molar-refractivity contribution in [2.24, 2.45) is 0 Å². The van der Waals surface area contributed by atoms with Gasteiger partial charge in [0.1, 0.15) is 24.5 Å². The number of fused-ring (bicyclic) bond motifs is 2. The molecule has 0 saturated carbocycles. The monoisotopic (exact) mass is 394 g/mol. The van der Waals surface area contributed by atoms with Crippen LogP contribution in [0.4, 0.5) is 4.39 Å². The summed E-state index contributed by atoms with van der Waals surface area (Å²) in [5.74, 6) is 0.326. The van der Waals surface area contributed by atoms with Crippen LogP contribution >= 0.6 is 0 Å². The maximum absolute atomic E-state index is 14.7. The van der Waals surface area contributed by atoms with E-state index in [1.807, 2.05) is 30.2 Å². The van der Waals surface area contributed by atoms with Gasteiger partial charge < -0.3 is 9.84 Å². The first-order valence-electron chi connectivity index (χ1n) is 9.33. The number of benzene rings is 1. The van der Waals surface area contributed by atoms with Gasteiger partial charge in [0.25, 0.3) is 0 Å². The summed E-state index contributed by atoms with van der Waals surface area (Å²) in [4.78, 5) is 2.02. The van der Waals surface area contributed by atoms with E-state index in [-0.39, 0.29) is 23.7 Å². The molecule has 2 aliphatic rings. The van der Waals surface area contributed by atoms with Crippen molar-refractivity contribution < 1.29 is 14.2 Å². The fraction of sp³-hybridized carbons (Fsp3) is 0.300. The predicted molar refractivity (Wildman–Crippen MR) is 102 cm³/mol. The van der Waals surface area contributed by atoms with E-state index in [9.17, 15) is 9.50 Å². The average molecular weight is 394 g/mol. The maximum atomic E-state index is 14.7. The van der Waals surface area contributed by atoms with Crippen LogP contribution in [0.3, 0.4) is 0 Å². The number of hydrogen-bond acceptors (Lipinski definition) is 7. The summed E-state index contributed by atoms with van der Waals surface area (Å²) in [7, 11) is 1.92. The van der Waals surface area contributed by atoms with E-state index in [0.29, 0.717) is 17.7 Å². The minimum absolute atomic E-state index is 0.0564. The lowest BCUT2D eigenvalue weighted by atomic mass is 9.97. The zero-order chi connectivity index (χ0) is 20.0. The lowest BCUT2D eigenvalue weighted by Gasteiger charge is -2.38. The van der Waals surface area contributed by atoms with Crippen molar-refractivity contribution >= 4 is 0 Å². The van der Waals surface area contributed by atoms with E-state index in [0.717, 1.165) is 5.69 Å². The Kier molecular flexibility index (Phi) is 4.24. The van der Waals surface area contributed by atoms with Crippen molar-refractivity contribution in [3.8, 4) is 28.6 Å². The van der Waals surface area contributed by atoms with E-state index in [1.165, 1.54) is 0 Å². The molecule has 1 fully saturated rings. The molecule has 2 aliphatic heterocycles. The first kappa shape index (κ1) is 17.7. The quantitative estimate of drug-likeness (QED) is 0.678. The second-order valence-electron chi connectivity index (χ2n) is 7.27. The Morgan fingerprint density at radius 3 is 2.66 bits per heavy atom. The molecule has 0 aliphatic carbocycles. The van der Waals surface area contributed by atoms with Crippen LogP contribution in [-0.2, 0) is 0 Å². The van der Waals surface area contributed by atoms with Crippen LogP contribution in [0.1, 0.15) is 6.42 Å². The highest BCUT2D eigenvalue weighted by Crippen LogP contribution is 2.34. The van der Waals surface area contributed by atoms with Crippen molar-refractivity contribution in [3.05, 3.63) is 55.1 Å². The summed E-state index contributed by atoms with van der Waals surface area (Å²) in [6.07, 6.45) is 5.91. The molecule has 5 rings (SSSR count). The normalized spacial score (nSPS) is 26.0. The zero-order valence-corrected chi connectivity index (χ0v) is 15.6. The number of halogens is 1. The van der Waals surface area contributed by atoms with Gasteiger partial charge in [0.2, 0.25) is 5.88 Å². The number of nitrogens with zero attached hydrogens (tertiary/aromatic N) is 6. The standard InChI is InChI=1S/C20H19FN6O2/c1-26-12-3-6-16(26)20(21)18(9-12)29-19-7-5-15(24-25-19)14-4-2-13(8-17(14)28)27-10-22-23-11-27/h2-8,10-12,16,18,20,28H,9H2,1H3/t12?,16?,18-,20+/m0/s1. The average Bonchev–Trinajstić information content (AvgIpc) is 3.35. The van der Waals surface area contributed by atoms with Crippen LogP contribution < -0.4 is 4.74 Å². The van der Waals surface area contributed by atoms with E-state index in [2.05, 4.69) is 20.4 Å². The summed E-state index contributed by atoms with van der Waals surface area (Å²) >= 11 is 0. The smallest absolute Gasteiger partial charge is 0.233 e. The highest BCUT2D eigenvalue weighted by molar-refractivity contribution is 5.68. The number of ether oxygens (including phenoxy) is 1. The van der Waals surface area contributed by atoms with Crippen LogP contribution in [0.25, 0.3) is 16.9 Å². The molecular weight excluding hydrogens is 375 g/mol. The number of aromatic nitrogens is 5. The van der Waals surface area contributed by atoms with Gasteiger partial charge in [-0.15, -0.1) is 20.4 Å². The number of phenolic OH excluding ortho intramolecular Hbond substituents is 1. The van der Waals surface area contributed by atoms with Crippen molar-refractivity contribution in [1.82, 2.24) is 29.9 Å². The Labute approximate surface area is 166 Å². The van der Waals surface area contributed by atoms with Crippen molar-refractivity contribution in [2.45, 2.75) is 30.8 Å². The Hall–Kier alpha value is -3.33. The molecule has 29 heavy (non-hydrogen) atoms. The minimum atomic E-state index is -1.12. The molecule has 1 aromatic carbocycles. The number of hydrogen-bond donors (Lipinski definition) is 1. The third kappa shape index (κ3) is 3.13. The maximum Gasteiger partial charge on any atom is 0.233 e. The molecule has 0 spiro atoms. The SMILES string of the molecule is CN1C2C=CC1[C@@H](F)[C@@H](Oc1ccc(-c3ccc(-n4cnnc4)cc3O)nn1)C2. The number of phenols is 1. The molecule has 2 bridgehead atoms. The van der Waals surface area contributed by atoms with Crippen LogP contribution in [0.2, 0.25) is 0 Å². The molecule has 4 atom stereocenters. The third-order valence-corrected chi connectivity index (χ3v) is 5.57. The second kappa shape index (κ2) is 6.93. The largest absolute Gasteiger partial charge is 0.507 e. The van der Waals surface area contributed by atoms with Crippen LogP contribution in [0.5, 0.6) is 11.6 Å². The third-order valence-electron chi connectivity index (χ3n) is 5.57. The highest BCUT2D eigenvalue weighted by Gasteiger charge is 2.44. The summed E-state index contributed by atoms with van der Waals surface area (Å²) in [5.41, 5.74) is 1.75. The lowest BCUT2D eigenvalue weighted by Crippen LogP contribution is -2.53. The van der Waals surface area contributed by atoms with Crippen molar-refractivity contribution in [1.29, 1.82) is 0 Å². The molecule has 3 aromatic rings. The Balaban J connectivity index is 1.32. The topological polar surface area (TPSA) is 89.2 Å². The number of aromatic hydroxyl groups is 1. The van der Waals surface area contributed by atoms with Crippen molar-refractivity contribution in [3.63, 3.8) is 0 Å². The summed E-state index contributed by atoms with van der Waals surface area (Å²) < 4.78 is 22.2. The minimum Gasteiger partial charge on any atom is -0.507 e. The number of alkyl halides is 1. The molecular formula is C20H19FN6O2. The van der Waals surface area contributed by atoms with Gasteiger partial charge in [-0.05, 0) is 25.2 Å². The van der Waals surface area contributed by atoms with Gasteiger partial charge in [-0.1, -0.05) is 12.2 Å². The van der Waals surface area contributed by atoms with Crippen molar-refractivity contribution in [2.75, 3.05) is 7.05 Å². The molecule has 2 unspecified atom stereocenters. The van der Waals surface area contributed by atoms with Gasteiger partial charge in [-0.3, -0.25) is 9.47 Å². The fourth-order valence-electron chi connectivity index (χ4n) is 3.92. The molecule has 8 nitrogen and oxygen atoms in total. The van der Waals surface area contributed by atoms with Crippen LogP contribution in [0.15, 0.2) is 55.1 Å². The number of rotatable bonds is 4. The predicted octanol–water partition coefficient (Wildman–Crippen LogP) is 2.16. The highest BCUT2D eigenvalue weighted by atomic mass is 19.1. The van der Waals surface area contributed by atoms with Gasteiger partial charge in [0, 0.05) is 30.2 Å². The fourth-order valence-corrected chi connectivity index (χ4v) is 3.92. The Bertz CT molecular complexity index is 1040. The number of piperidine rings is 1. The van der Waals surface area contributed by atoms with Gasteiger partial charge in [-0.25, -0.2) is 4.39 Å². The first-order valence-corrected chi connectivity index (χ1v) is 9.33. The van der Waals surface area contributed by atoms with E-state index in [4.69, 9.17) is 4.74 Å². The lowest BCUT2D eigenvalue weighted by molar-refractivity contribution is -0.00563.